The topological polar surface area (TPSA) is 61.4 Å². The predicted molar refractivity (Wildman–Crippen MR) is 112 cm³/mol. The van der Waals surface area contributed by atoms with E-state index in [1.807, 2.05) is 24.3 Å². The quantitative estimate of drug-likeness (QED) is 0.581. The van der Waals surface area contributed by atoms with E-state index < -0.39 is 17.7 Å². The Morgan fingerprint density at radius 1 is 1.07 bits per heavy atom. The van der Waals surface area contributed by atoms with Gasteiger partial charge in [0.25, 0.3) is 0 Å². The third kappa shape index (κ3) is 4.49. The second-order valence-corrected chi connectivity index (χ2v) is 7.47. The molecule has 1 atom stereocenters. The molecule has 0 fully saturated rings. The summed E-state index contributed by atoms with van der Waals surface area (Å²) < 4.78 is 27.2. The molecule has 1 aliphatic carbocycles. The fourth-order valence-electron chi connectivity index (χ4n) is 3.81. The Morgan fingerprint density at radius 2 is 1.90 bits per heavy atom. The van der Waals surface area contributed by atoms with Gasteiger partial charge in [0.15, 0.2) is 0 Å². The Labute approximate surface area is 173 Å². The van der Waals surface area contributed by atoms with Crippen molar-refractivity contribution in [1.29, 1.82) is 0 Å². The number of fused-ring (bicyclic) bond motifs is 1. The van der Waals surface area contributed by atoms with E-state index >= 15 is 0 Å². The molecule has 2 amide bonds. The molecule has 0 saturated carbocycles. The fraction of sp³-hybridized carbons (Fsp3) is 0.208. The van der Waals surface area contributed by atoms with Crippen LogP contribution in [0.4, 0.5) is 19.3 Å². The fourth-order valence-corrected chi connectivity index (χ4v) is 3.81. The first-order chi connectivity index (χ1) is 14.5. The number of carbonyl (C=O) groups is 1. The van der Waals surface area contributed by atoms with Crippen LogP contribution in [0.15, 0.2) is 60.7 Å². The van der Waals surface area contributed by atoms with Crippen LogP contribution in [0.1, 0.15) is 23.1 Å². The van der Waals surface area contributed by atoms with Crippen molar-refractivity contribution >= 4 is 11.7 Å². The van der Waals surface area contributed by atoms with Gasteiger partial charge in [-0.1, -0.05) is 30.3 Å². The lowest BCUT2D eigenvalue weighted by molar-refractivity contribution is 0.159. The number of carbonyl (C=O) groups excluding carboxylic acids is 1. The summed E-state index contributed by atoms with van der Waals surface area (Å²) >= 11 is 0. The molecular weight excluding hydrogens is 386 g/mol. The SMILES string of the molecule is O=C(NCc1cccc(-c2ccc(F)cc2F)c1)Nc1cccc2c1CC(O)CC2. The highest BCUT2D eigenvalue weighted by molar-refractivity contribution is 5.90. The van der Waals surface area contributed by atoms with E-state index in [9.17, 15) is 18.7 Å². The van der Waals surface area contributed by atoms with E-state index in [1.165, 1.54) is 12.1 Å². The van der Waals surface area contributed by atoms with Crippen molar-refractivity contribution in [1.82, 2.24) is 5.32 Å². The monoisotopic (exact) mass is 408 g/mol. The maximum Gasteiger partial charge on any atom is 0.319 e. The van der Waals surface area contributed by atoms with Gasteiger partial charge in [-0.05, 0) is 59.4 Å². The van der Waals surface area contributed by atoms with Crippen LogP contribution in [-0.2, 0) is 19.4 Å². The number of nitrogens with one attached hydrogen (secondary N) is 2. The lowest BCUT2D eigenvalue weighted by Crippen LogP contribution is -2.29. The van der Waals surface area contributed by atoms with Gasteiger partial charge >= 0.3 is 6.03 Å². The standard InChI is InChI=1S/C24H22F2N2O2/c25-18-8-10-20(22(26)12-18)17-5-1-3-15(11-17)14-27-24(30)28-23-6-2-4-16-7-9-19(29)13-21(16)23/h1-6,8,10-12,19,29H,7,9,13-14H2,(H2,27,28,30). The zero-order valence-electron chi connectivity index (χ0n) is 16.3. The van der Waals surface area contributed by atoms with Crippen molar-refractivity contribution in [3.05, 3.63) is 89.0 Å². The highest BCUT2D eigenvalue weighted by Crippen LogP contribution is 2.28. The second-order valence-electron chi connectivity index (χ2n) is 7.47. The summed E-state index contributed by atoms with van der Waals surface area (Å²) in [5.74, 6) is -1.25. The number of halogens is 2. The summed E-state index contributed by atoms with van der Waals surface area (Å²) in [6, 6.07) is 15.9. The minimum atomic E-state index is -0.631. The average molecular weight is 408 g/mol. The molecule has 1 unspecified atom stereocenters. The van der Waals surface area contributed by atoms with E-state index in [0.717, 1.165) is 35.6 Å². The van der Waals surface area contributed by atoms with Gasteiger partial charge in [-0.2, -0.15) is 0 Å². The molecule has 3 aromatic rings. The van der Waals surface area contributed by atoms with Crippen molar-refractivity contribution in [2.75, 3.05) is 5.32 Å². The van der Waals surface area contributed by atoms with Gasteiger partial charge in [0.1, 0.15) is 11.6 Å². The van der Waals surface area contributed by atoms with Crippen LogP contribution in [0.3, 0.4) is 0 Å². The van der Waals surface area contributed by atoms with Crippen molar-refractivity contribution in [3.63, 3.8) is 0 Å². The Balaban J connectivity index is 1.43. The number of anilines is 1. The highest BCUT2D eigenvalue weighted by atomic mass is 19.1. The molecule has 0 aliphatic heterocycles. The van der Waals surface area contributed by atoms with Gasteiger partial charge in [-0.15, -0.1) is 0 Å². The van der Waals surface area contributed by atoms with Crippen LogP contribution in [-0.4, -0.2) is 17.2 Å². The van der Waals surface area contributed by atoms with Gasteiger partial charge in [0, 0.05) is 30.3 Å². The Morgan fingerprint density at radius 3 is 2.73 bits per heavy atom. The summed E-state index contributed by atoms with van der Waals surface area (Å²) in [6.07, 6.45) is 1.66. The minimum Gasteiger partial charge on any atom is -0.393 e. The number of amides is 2. The normalized spacial score (nSPS) is 15.4. The smallest absolute Gasteiger partial charge is 0.319 e. The van der Waals surface area contributed by atoms with E-state index in [2.05, 4.69) is 10.6 Å². The van der Waals surface area contributed by atoms with Crippen LogP contribution >= 0.6 is 0 Å². The van der Waals surface area contributed by atoms with Gasteiger partial charge in [-0.25, -0.2) is 13.6 Å². The first-order valence-corrected chi connectivity index (χ1v) is 9.87. The molecule has 0 saturated heterocycles. The highest BCUT2D eigenvalue weighted by Gasteiger charge is 2.19. The molecular formula is C24H22F2N2O2. The van der Waals surface area contributed by atoms with E-state index in [1.54, 1.807) is 18.2 Å². The molecule has 0 spiro atoms. The van der Waals surface area contributed by atoms with Crippen molar-refractivity contribution in [2.45, 2.75) is 31.9 Å². The average Bonchev–Trinajstić information content (AvgIpc) is 2.73. The maximum absolute atomic E-state index is 14.1. The van der Waals surface area contributed by atoms with Crippen LogP contribution < -0.4 is 10.6 Å². The first-order valence-electron chi connectivity index (χ1n) is 9.87. The Kier molecular flexibility index (Phi) is 5.77. The van der Waals surface area contributed by atoms with Gasteiger partial charge in [-0.3, -0.25) is 0 Å². The van der Waals surface area contributed by atoms with E-state index in [4.69, 9.17) is 0 Å². The predicted octanol–water partition coefficient (Wildman–Crippen LogP) is 4.80. The van der Waals surface area contributed by atoms with Crippen molar-refractivity contribution < 1.29 is 18.7 Å². The lowest BCUT2D eigenvalue weighted by Gasteiger charge is -2.23. The Bertz CT molecular complexity index is 1080. The molecule has 1 aliphatic rings. The minimum absolute atomic E-state index is 0.250. The molecule has 0 radical (unpaired) electrons. The summed E-state index contributed by atoms with van der Waals surface area (Å²) in [5.41, 5.74) is 4.52. The lowest BCUT2D eigenvalue weighted by atomic mass is 9.88. The molecule has 154 valence electrons. The molecule has 6 heteroatoms. The number of benzene rings is 3. The van der Waals surface area contributed by atoms with Gasteiger partial charge in [0.2, 0.25) is 0 Å². The molecule has 3 N–H and O–H groups in total. The summed E-state index contributed by atoms with van der Waals surface area (Å²) in [7, 11) is 0. The molecule has 0 bridgehead atoms. The van der Waals surface area contributed by atoms with Crippen LogP contribution in [0.25, 0.3) is 11.1 Å². The zero-order chi connectivity index (χ0) is 21.1. The zero-order valence-corrected chi connectivity index (χ0v) is 16.3. The third-order valence-electron chi connectivity index (χ3n) is 5.33. The molecule has 30 heavy (non-hydrogen) atoms. The van der Waals surface area contributed by atoms with Crippen molar-refractivity contribution in [3.8, 4) is 11.1 Å². The number of rotatable bonds is 4. The second kappa shape index (κ2) is 8.63. The molecule has 0 heterocycles. The number of hydrogen-bond acceptors (Lipinski definition) is 2. The summed E-state index contributed by atoms with van der Waals surface area (Å²) in [6.45, 7) is 0.250. The number of aliphatic hydroxyl groups is 1. The summed E-state index contributed by atoms with van der Waals surface area (Å²) in [4.78, 5) is 12.4. The maximum atomic E-state index is 14.1. The summed E-state index contributed by atoms with van der Waals surface area (Å²) in [5, 5.41) is 15.6. The third-order valence-corrected chi connectivity index (χ3v) is 5.33. The molecule has 4 nitrogen and oxygen atoms in total. The van der Waals surface area contributed by atoms with Gasteiger partial charge in [0.05, 0.1) is 6.10 Å². The molecule has 4 rings (SSSR count). The van der Waals surface area contributed by atoms with Crippen molar-refractivity contribution in [2.24, 2.45) is 0 Å². The number of urea groups is 1. The van der Waals surface area contributed by atoms with Gasteiger partial charge < -0.3 is 15.7 Å². The van der Waals surface area contributed by atoms with E-state index in [0.29, 0.717) is 23.2 Å². The van der Waals surface area contributed by atoms with Crippen LogP contribution in [0.2, 0.25) is 0 Å². The Hall–Kier alpha value is -3.25. The molecule has 3 aromatic carbocycles. The number of hydrogen-bond donors (Lipinski definition) is 3. The molecule has 0 aromatic heterocycles. The van der Waals surface area contributed by atoms with Crippen LogP contribution in [0.5, 0.6) is 0 Å². The van der Waals surface area contributed by atoms with Crippen LogP contribution in [0, 0.1) is 11.6 Å². The number of aryl methyl sites for hydroxylation is 1. The number of aliphatic hydroxyl groups excluding tert-OH is 1. The van der Waals surface area contributed by atoms with E-state index in [-0.39, 0.29) is 12.6 Å². The largest absolute Gasteiger partial charge is 0.393 e. The first kappa shape index (κ1) is 20.0.